The van der Waals surface area contributed by atoms with Crippen molar-refractivity contribution in [1.29, 1.82) is 0 Å². The smallest absolute Gasteiger partial charge is 0.257 e. The average Bonchev–Trinajstić information content (AvgIpc) is 2.96. The van der Waals surface area contributed by atoms with E-state index in [9.17, 15) is 18.0 Å². The van der Waals surface area contributed by atoms with E-state index in [0.29, 0.717) is 48.5 Å². The molecule has 10 nitrogen and oxygen atoms in total. The number of hydrogen-bond acceptors (Lipinski definition) is 9. The number of sulfone groups is 1. The van der Waals surface area contributed by atoms with Gasteiger partial charge in [-0.25, -0.2) is 28.4 Å². The molecular formula is C28H20Cl2N6O4S2. The van der Waals surface area contributed by atoms with E-state index < -0.39 is 15.4 Å². The Kier molecular flexibility index (Phi) is 8.41. The fourth-order valence-corrected chi connectivity index (χ4v) is 5.31. The molecule has 4 aromatic heterocycles. The van der Waals surface area contributed by atoms with Gasteiger partial charge in [-0.15, -0.1) is 0 Å². The van der Waals surface area contributed by atoms with Crippen LogP contribution in [0.5, 0.6) is 0 Å². The van der Waals surface area contributed by atoms with Gasteiger partial charge < -0.3 is 9.97 Å². The predicted molar refractivity (Wildman–Crippen MR) is 166 cm³/mol. The minimum absolute atomic E-state index is 0.163. The summed E-state index contributed by atoms with van der Waals surface area (Å²) in [7, 11) is -3.54. The van der Waals surface area contributed by atoms with E-state index in [-0.39, 0.29) is 16.4 Å². The topological polar surface area (TPSA) is 151 Å². The minimum Gasteiger partial charge on any atom is -0.306 e. The molecule has 0 spiro atoms. The van der Waals surface area contributed by atoms with Crippen molar-refractivity contribution in [2.24, 2.45) is 0 Å². The molecule has 0 unspecified atom stereocenters. The zero-order valence-corrected chi connectivity index (χ0v) is 25.1. The Morgan fingerprint density at radius 2 is 1.19 bits per heavy atom. The highest BCUT2D eigenvalue weighted by Gasteiger charge is 2.15. The monoisotopic (exact) mass is 638 g/mol. The van der Waals surface area contributed by atoms with Crippen LogP contribution in [0.25, 0.3) is 44.3 Å². The van der Waals surface area contributed by atoms with Gasteiger partial charge in [0.2, 0.25) is 15.0 Å². The van der Waals surface area contributed by atoms with E-state index in [2.05, 4.69) is 29.9 Å². The van der Waals surface area contributed by atoms with Crippen LogP contribution in [0.3, 0.4) is 0 Å². The quantitative estimate of drug-likeness (QED) is 0.191. The maximum atomic E-state index is 12.2. The number of fused-ring (bicyclic) bond motifs is 2. The molecule has 6 rings (SSSR count). The number of benzene rings is 2. The predicted octanol–water partition coefficient (Wildman–Crippen LogP) is 5.40. The summed E-state index contributed by atoms with van der Waals surface area (Å²) in [4.78, 5) is 45.9. The van der Waals surface area contributed by atoms with Crippen LogP contribution in [0.1, 0.15) is 0 Å². The van der Waals surface area contributed by atoms with Crippen LogP contribution in [0.4, 0.5) is 0 Å². The van der Waals surface area contributed by atoms with Crippen LogP contribution >= 0.6 is 35.0 Å². The van der Waals surface area contributed by atoms with Crippen LogP contribution < -0.4 is 11.1 Å². The molecule has 42 heavy (non-hydrogen) atoms. The highest BCUT2D eigenvalue weighted by molar-refractivity contribution is 7.98. The van der Waals surface area contributed by atoms with Gasteiger partial charge in [0.05, 0.1) is 0 Å². The molecule has 6 aromatic rings. The maximum absolute atomic E-state index is 12.2. The van der Waals surface area contributed by atoms with Crippen LogP contribution in [-0.4, -0.2) is 50.8 Å². The van der Waals surface area contributed by atoms with Crippen molar-refractivity contribution in [3.63, 3.8) is 0 Å². The Bertz CT molecular complexity index is 2200. The first-order valence-electron chi connectivity index (χ1n) is 12.1. The van der Waals surface area contributed by atoms with Gasteiger partial charge in [-0.3, -0.25) is 9.59 Å². The third-order valence-electron chi connectivity index (χ3n) is 5.98. The summed E-state index contributed by atoms with van der Waals surface area (Å²) in [6, 6.07) is 17.5. The van der Waals surface area contributed by atoms with Gasteiger partial charge in [-0.2, -0.15) is 0 Å². The van der Waals surface area contributed by atoms with Gasteiger partial charge in [0.1, 0.15) is 11.3 Å². The van der Waals surface area contributed by atoms with E-state index in [4.69, 9.17) is 23.2 Å². The Hall–Kier alpha value is -4.10. The zero-order chi connectivity index (χ0) is 30.0. The van der Waals surface area contributed by atoms with Gasteiger partial charge in [-0.1, -0.05) is 71.4 Å². The number of hydrogen-bond donors (Lipinski definition) is 2. The van der Waals surface area contributed by atoms with Crippen LogP contribution in [0.2, 0.25) is 10.0 Å². The molecule has 2 aromatic carbocycles. The largest absolute Gasteiger partial charge is 0.306 e. The SMILES string of the molecule is CS(=O)(=O)c1ncc2cc(-c3ccccc3Cl)c(=O)[nH]c2n1.CSc1ncc2cc(-c3ccccc3Cl)c(=O)[nH]c2n1. The number of nitrogens with zero attached hydrogens (tertiary/aromatic N) is 4. The Balaban J connectivity index is 0.000000169. The lowest BCUT2D eigenvalue weighted by molar-refractivity contribution is 0.593. The third-order valence-corrected chi connectivity index (χ3v) is 8.07. The number of thioether (sulfide) groups is 1. The van der Waals surface area contributed by atoms with Crippen molar-refractivity contribution >= 4 is 66.9 Å². The number of H-pyrrole nitrogens is 2. The molecule has 0 radical (unpaired) electrons. The van der Waals surface area contributed by atoms with Crippen LogP contribution in [0.15, 0.2) is 93.0 Å². The third kappa shape index (κ3) is 6.21. The Labute approximate surface area is 253 Å². The molecule has 4 heterocycles. The number of halogens is 2. The Morgan fingerprint density at radius 3 is 1.67 bits per heavy atom. The molecule has 0 amide bonds. The molecule has 0 aliphatic carbocycles. The maximum Gasteiger partial charge on any atom is 0.257 e. The highest BCUT2D eigenvalue weighted by atomic mass is 35.5. The summed E-state index contributed by atoms with van der Waals surface area (Å²) < 4.78 is 22.9. The molecule has 0 aliphatic heterocycles. The van der Waals surface area contributed by atoms with Crippen molar-refractivity contribution in [3.8, 4) is 22.3 Å². The summed E-state index contributed by atoms with van der Waals surface area (Å²) >= 11 is 13.7. The number of pyridine rings is 2. The van der Waals surface area contributed by atoms with E-state index in [1.54, 1.807) is 48.7 Å². The lowest BCUT2D eigenvalue weighted by Gasteiger charge is -2.05. The lowest BCUT2D eigenvalue weighted by atomic mass is 10.1. The summed E-state index contributed by atoms with van der Waals surface area (Å²) in [5, 5.41) is 2.57. The number of aromatic amines is 2. The summed E-state index contributed by atoms with van der Waals surface area (Å²) in [6.07, 6.45) is 5.95. The number of rotatable bonds is 4. The standard InChI is InChI=1S/C14H10ClN3O3S.C14H10ClN3OS/c1-22(20,21)14-16-7-8-6-10(13(19)17-12(8)18-14)9-4-2-3-5-11(9)15;1-20-14-16-7-8-6-10(13(19)17-12(8)18-14)9-4-2-3-5-11(9)15/h2-7H,1H3,(H,16,17,18,19);2-7H,1H3,(H,16,17,18,19). The summed E-state index contributed by atoms with van der Waals surface area (Å²) in [5.74, 6) is 0. The van der Waals surface area contributed by atoms with Crippen molar-refractivity contribution in [2.45, 2.75) is 10.3 Å². The number of nitrogens with one attached hydrogen (secondary N) is 2. The molecule has 0 atom stereocenters. The molecule has 0 saturated carbocycles. The van der Waals surface area contributed by atoms with Gasteiger partial charge in [0, 0.05) is 61.7 Å². The summed E-state index contributed by atoms with van der Waals surface area (Å²) in [5.41, 5.74) is 2.25. The normalized spacial score (nSPS) is 11.3. The first kappa shape index (κ1) is 29.4. The molecule has 0 saturated heterocycles. The van der Waals surface area contributed by atoms with Crippen LogP contribution in [0, 0.1) is 0 Å². The van der Waals surface area contributed by atoms with Gasteiger partial charge >= 0.3 is 0 Å². The first-order chi connectivity index (χ1) is 20.0. The Morgan fingerprint density at radius 1 is 0.714 bits per heavy atom. The van der Waals surface area contributed by atoms with Crippen molar-refractivity contribution < 1.29 is 8.42 Å². The number of aromatic nitrogens is 6. The minimum atomic E-state index is -3.54. The van der Waals surface area contributed by atoms with E-state index in [1.165, 1.54) is 18.0 Å². The van der Waals surface area contributed by atoms with Gasteiger partial charge in [-0.05, 0) is 30.5 Å². The fraction of sp³-hybridized carbons (Fsp3) is 0.0714. The lowest BCUT2D eigenvalue weighted by Crippen LogP contribution is -2.12. The van der Waals surface area contributed by atoms with Crippen molar-refractivity contribution in [3.05, 3.63) is 104 Å². The van der Waals surface area contributed by atoms with Gasteiger partial charge in [0.25, 0.3) is 11.1 Å². The molecule has 212 valence electrons. The fourth-order valence-electron chi connectivity index (χ4n) is 3.99. The molecule has 0 bridgehead atoms. The zero-order valence-electron chi connectivity index (χ0n) is 21.9. The average molecular weight is 640 g/mol. The van der Waals surface area contributed by atoms with Crippen molar-refractivity contribution in [2.75, 3.05) is 12.5 Å². The van der Waals surface area contributed by atoms with Crippen molar-refractivity contribution in [1.82, 2.24) is 29.9 Å². The van der Waals surface area contributed by atoms with Gasteiger partial charge in [0.15, 0.2) is 5.16 Å². The van der Waals surface area contributed by atoms with E-state index in [0.717, 1.165) is 11.6 Å². The molecule has 0 fully saturated rings. The molecule has 2 N–H and O–H groups in total. The van der Waals surface area contributed by atoms with E-state index in [1.807, 2.05) is 24.5 Å². The second-order valence-electron chi connectivity index (χ2n) is 8.87. The second kappa shape index (κ2) is 12.0. The molecule has 0 aliphatic rings. The second-order valence-corrected chi connectivity index (χ2v) is 12.4. The summed E-state index contributed by atoms with van der Waals surface area (Å²) in [6.45, 7) is 0. The van der Waals surface area contributed by atoms with Crippen LogP contribution in [-0.2, 0) is 9.84 Å². The molecular weight excluding hydrogens is 619 g/mol. The molecule has 14 heteroatoms. The van der Waals surface area contributed by atoms with E-state index >= 15 is 0 Å². The highest BCUT2D eigenvalue weighted by Crippen LogP contribution is 2.27. The first-order valence-corrected chi connectivity index (χ1v) is 16.0.